The van der Waals surface area contributed by atoms with Crippen LogP contribution < -0.4 is 0 Å². The molecule has 0 spiro atoms. The average Bonchev–Trinajstić information content (AvgIpc) is 3.67. The van der Waals surface area contributed by atoms with Crippen molar-refractivity contribution in [1.29, 1.82) is 0 Å². The van der Waals surface area contributed by atoms with Crippen molar-refractivity contribution < 1.29 is 48.0 Å². The van der Waals surface area contributed by atoms with Gasteiger partial charge in [-0.1, -0.05) is 153 Å². The smallest absolute Gasteiger partial charge is 0.308 e. The van der Waals surface area contributed by atoms with Crippen molar-refractivity contribution in [2.75, 3.05) is 0 Å². The number of carbonyl (C=O) groups is 4. The second-order valence-electron chi connectivity index (χ2n) is 18.6. The number of carbonyl (C=O) groups excluding carboxylic acids is 3. The number of hydrogen-bond acceptors (Lipinski definition) is 9. The zero-order chi connectivity index (χ0) is 41.1. The molecule has 0 radical (unpaired) electrons. The fourth-order valence-electron chi connectivity index (χ4n) is 10.9. The molecule has 8 fully saturated rings. The molecule has 8 aliphatic rings. The van der Waals surface area contributed by atoms with Crippen LogP contribution in [-0.4, -0.2) is 65.6 Å². The number of esters is 3. The summed E-state index contributed by atoms with van der Waals surface area (Å²) in [5.74, 6) is 5.16. The fourth-order valence-corrected chi connectivity index (χ4v) is 10.9. The van der Waals surface area contributed by atoms with E-state index >= 15 is 0 Å². The van der Waals surface area contributed by atoms with Crippen LogP contribution in [0, 0.1) is 71.0 Å². The van der Waals surface area contributed by atoms with Crippen LogP contribution in [0.15, 0.2) is 30.3 Å². The van der Waals surface area contributed by atoms with E-state index in [2.05, 4.69) is 0 Å². The van der Waals surface area contributed by atoms with Gasteiger partial charge in [0.15, 0.2) is 0 Å². The monoisotopic (exact) mass is 939 g/mol. The first-order valence-electron chi connectivity index (χ1n) is 22.4. The van der Waals surface area contributed by atoms with Gasteiger partial charge < -0.3 is 28.8 Å². The minimum Gasteiger partial charge on any atom is -0.481 e. The zero-order valence-electron chi connectivity index (χ0n) is 35.7. The quantitative estimate of drug-likeness (QED) is 0.122. The maximum atomic E-state index is 11.9. The van der Waals surface area contributed by atoms with E-state index in [1.54, 1.807) is 6.92 Å². The van der Waals surface area contributed by atoms with E-state index in [0.29, 0.717) is 48.8 Å². The summed E-state index contributed by atoms with van der Waals surface area (Å²) >= 11 is 0. The van der Waals surface area contributed by atoms with Gasteiger partial charge in [-0.2, -0.15) is 0 Å². The molecule has 0 amide bonds. The molecular weight excluding hydrogens is 833 g/mol. The van der Waals surface area contributed by atoms with Gasteiger partial charge in [0.1, 0.15) is 18.8 Å². The van der Waals surface area contributed by atoms with Crippen molar-refractivity contribution >= 4 is 23.9 Å². The standard InChI is InChI=1S/2C15H22O3.C12H16O2.C5H10O2.9CH4/c1-3-7(2)15(16)18-11-5-8-4-10(11)13-9(8)6-12-14(13)17-12;1-3-7(2)15(16)18-11-5-8-4-9(11)10-6-12-14(17-12)13(8)10;1-3-10(2)12(13)14-9-11-7-5-4-6-8-11;1-3-4(2)5(6)7;;;;;;;;;/h2*7-14H,3-6H2,1-2H3;4-8,10H,3,9H2,1-2H3;4H,3H2,1-2H3,(H,6,7);9*1H4. The van der Waals surface area contributed by atoms with Crippen molar-refractivity contribution in [3.05, 3.63) is 35.9 Å². The Morgan fingerprint density at radius 1 is 0.530 bits per heavy atom. The molecule has 66 heavy (non-hydrogen) atoms. The van der Waals surface area contributed by atoms with Crippen molar-refractivity contribution in [3.8, 4) is 0 Å². The lowest BCUT2D eigenvalue weighted by Crippen LogP contribution is -2.35. The first-order valence-corrected chi connectivity index (χ1v) is 22.4. The highest BCUT2D eigenvalue weighted by Gasteiger charge is 2.68. The Kier molecular flexibility index (Phi) is 32.2. The van der Waals surface area contributed by atoms with Crippen LogP contribution in [-0.2, 0) is 49.5 Å². The summed E-state index contributed by atoms with van der Waals surface area (Å²) in [5, 5.41) is 8.18. The number of hydrogen-bond donors (Lipinski definition) is 1. The maximum Gasteiger partial charge on any atom is 0.308 e. The van der Waals surface area contributed by atoms with E-state index in [1.807, 2.05) is 78.8 Å². The Morgan fingerprint density at radius 2 is 0.955 bits per heavy atom. The molecule has 2 saturated heterocycles. The molecule has 1 N–H and O–H groups in total. The molecule has 0 aromatic heterocycles. The highest BCUT2D eigenvalue weighted by molar-refractivity contribution is 5.73. The molecule has 9 rings (SSSR count). The number of carboxylic acids is 1. The minimum atomic E-state index is -0.706. The minimum absolute atomic E-state index is 0. The Morgan fingerprint density at radius 3 is 1.42 bits per heavy atom. The molecule has 390 valence electrons. The first-order chi connectivity index (χ1) is 27.3. The molecule has 4 bridgehead atoms. The van der Waals surface area contributed by atoms with Crippen LogP contribution in [0.25, 0.3) is 0 Å². The predicted octanol–water partition coefficient (Wildman–Crippen LogP) is 14.4. The van der Waals surface area contributed by atoms with E-state index in [0.717, 1.165) is 73.7 Å². The fraction of sp³-hybridized carbons (Fsp3) is 0.821. The third-order valence-corrected chi connectivity index (χ3v) is 15.2. The molecule has 1 aromatic carbocycles. The van der Waals surface area contributed by atoms with Gasteiger partial charge in [-0.05, 0) is 111 Å². The van der Waals surface area contributed by atoms with Crippen LogP contribution in [0.2, 0.25) is 0 Å². The Bertz CT molecular complexity index is 1530. The van der Waals surface area contributed by atoms with Gasteiger partial charge in [-0.15, -0.1) is 0 Å². The highest BCUT2D eigenvalue weighted by Crippen LogP contribution is 2.66. The number of fused-ring (bicyclic) bond motifs is 14. The van der Waals surface area contributed by atoms with Crippen LogP contribution in [0.5, 0.6) is 0 Å². The van der Waals surface area contributed by atoms with Gasteiger partial charge in [0, 0.05) is 5.92 Å². The summed E-state index contributed by atoms with van der Waals surface area (Å²) in [6.45, 7) is 15.8. The number of aliphatic carboxylic acids is 1. The molecule has 10 nitrogen and oxygen atoms in total. The van der Waals surface area contributed by atoms with E-state index in [4.69, 9.17) is 28.8 Å². The summed E-state index contributed by atoms with van der Waals surface area (Å²) in [7, 11) is 0. The molecule has 2 aliphatic heterocycles. The van der Waals surface area contributed by atoms with Gasteiger partial charge in [0.05, 0.1) is 48.1 Å². The predicted molar refractivity (Wildman–Crippen MR) is 275 cm³/mol. The summed E-state index contributed by atoms with van der Waals surface area (Å²) in [6.07, 6.45) is 13.2. The third-order valence-electron chi connectivity index (χ3n) is 15.2. The largest absolute Gasteiger partial charge is 0.481 e. The van der Waals surface area contributed by atoms with Crippen molar-refractivity contribution in [3.63, 3.8) is 0 Å². The van der Waals surface area contributed by atoms with Crippen LogP contribution in [0.4, 0.5) is 0 Å². The van der Waals surface area contributed by atoms with Crippen LogP contribution >= 0.6 is 0 Å². The molecule has 2 heterocycles. The van der Waals surface area contributed by atoms with Crippen molar-refractivity contribution in [1.82, 2.24) is 0 Å². The lowest BCUT2D eigenvalue weighted by Gasteiger charge is -2.32. The molecular formula is C56H106O10. The van der Waals surface area contributed by atoms with E-state index in [-0.39, 0.29) is 121 Å². The number of epoxide rings is 2. The highest BCUT2D eigenvalue weighted by atomic mass is 16.6. The summed E-state index contributed by atoms with van der Waals surface area (Å²) in [6, 6.07) is 9.71. The molecule has 18 unspecified atom stereocenters. The topological polar surface area (TPSA) is 141 Å². The van der Waals surface area contributed by atoms with Gasteiger partial charge in [0.2, 0.25) is 0 Å². The van der Waals surface area contributed by atoms with E-state index < -0.39 is 5.97 Å². The van der Waals surface area contributed by atoms with Gasteiger partial charge in [-0.3, -0.25) is 19.2 Å². The van der Waals surface area contributed by atoms with Gasteiger partial charge in [-0.25, -0.2) is 0 Å². The lowest BCUT2D eigenvalue weighted by atomic mass is 9.79. The van der Waals surface area contributed by atoms with Gasteiger partial charge in [0.25, 0.3) is 0 Å². The van der Waals surface area contributed by atoms with Crippen LogP contribution in [0.3, 0.4) is 0 Å². The third kappa shape index (κ3) is 15.8. The zero-order valence-corrected chi connectivity index (χ0v) is 35.7. The number of ether oxygens (including phenoxy) is 5. The Balaban J connectivity index is -0.000000386. The second kappa shape index (κ2) is 30.5. The second-order valence-corrected chi connectivity index (χ2v) is 18.6. The molecule has 10 heteroatoms. The molecule has 1 aromatic rings. The number of rotatable bonds is 12. The number of carboxylic acid groups (broad SMARTS) is 1. The average molecular weight is 939 g/mol. The first kappa shape index (κ1) is 69.6. The Labute approximate surface area is 407 Å². The molecule has 18 atom stereocenters. The maximum absolute atomic E-state index is 11.9. The molecule has 6 saturated carbocycles. The molecule has 6 aliphatic carbocycles. The normalized spacial score (nSPS) is 32.8. The van der Waals surface area contributed by atoms with E-state index in [1.165, 1.54) is 25.7 Å². The van der Waals surface area contributed by atoms with Crippen molar-refractivity contribution in [2.24, 2.45) is 71.0 Å². The Hall–Kier alpha value is -2.98. The van der Waals surface area contributed by atoms with E-state index in [9.17, 15) is 19.2 Å². The summed E-state index contributed by atoms with van der Waals surface area (Å²) in [5.41, 5.74) is 1.03. The lowest BCUT2D eigenvalue weighted by molar-refractivity contribution is -0.159. The van der Waals surface area contributed by atoms with Crippen LogP contribution in [0.1, 0.15) is 192 Å². The van der Waals surface area contributed by atoms with Crippen molar-refractivity contribution in [2.45, 2.75) is 230 Å². The van der Waals surface area contributed by atoms with Gasteiger partial charge >= 0.3 is 23.9 Å². The summed E-state index contributed by atoms with van der Waals surface area (Å²) < 4.78 is 28.1. The summed E-state index contributed by atoms with van der Waals surface area (Å²) in [4.78, 5) is 45.1. The SMILES string of the molecule is C.C.C.C.C.C.C.C.C.CCC(C)C(=O)O.CCC(C)C(=O)OC1CC2CC1C1C2CC2OC21.CCC(C)C(=O)OC1CC2CC1C1CC3OC3C21.CCC(C)C(=O)OCc1ccccc1. The number of benzene rings is 1.